The van der Waals surface area contributed by atoms with Crippen LogP contribution in [0.5, 0.6) is 11.5 Å². The quantitative estimate of drug-likeness (QED) is 0.352. The summed E-state index contributed by atoms with van der Waals surface area (Å²) in [5.41, 5.74) is 0.780. The number of nitrogens with zero attached hydrogens (tertiary/aromatic N) is 1. The number of nitrogens with one attached hydrogen (secondary N) is 1. The number of amides is 1. The first-order valence-electron chi connectivity index (χ1n) is 8.81. The van der Waals surface area contributed by atoms with Crippen molar-refractivity contribution in [1.29, 1.82) is 0 Å². The highest BCUT2D eigenvalue weighted by Gasteiger charge is 2.13. The van der Waals surface area contributed by atoms with Crippen LogP contribution in [0.25, 0.3) is 17.5 Å². The van der Waals surface area contributed by atoms with E-state index in [4.69, 9.17) is 4.42 Å². The van der Waals surface area contributed by atoms with Crippen LogP contribution in [0.4, 0.5) is 17.6 Å². The number of hydrogen-bond donors (Lipinski definition) is 1. The van der Waals surface area contributed by atoms with Gasteiger partial charge in [-0.15, -0.1) is 11.3 Å². The van der Waals surface area contributed by atoms with Crippen molar-refractivity contribution in [3.63, 3.8) is 0 Å². The molecule has 0 saturated heterocycles. The average molecular weight is 456 g/mol. The molecular weight excluding hydrogens is 440 g/mol. The van der Waals surface area contributed by atoms with Crippen LogP contribution >= 0.6 is 11.3 Å². The first kappa shape index (κ1) is 22.3. The molecule has 0 saturated carbocycles. The fourth-order valence-electron chi connectivity index (χ4n) is 2.51. The minimum absolute atomic E-state index is 0.0799. The van der Waals surface area contributed by atoms with Crippen LogP contribution < -0.4 is 14.8 Å². The minimum Gasteiger partial charge on any atom is -0.458 e. The summed E-state index contributed by atoms with van der Waals surface area (Å²) in [6.07, 6.45) is 2.31. The predicted octanol–water partition coefficient (Wildman–Crippen LogP) is 5.24. The van der Waals surface area contributed by atoms with Gasteiger partial charge in [-0.2, -0.15) is 17.6 Å². The number of carbonyl (C=O) groups excluding carboxylic acids is 1. The van der Waals surface area contributed by atoms with Gasteiger partial charge in [0.15, 0.2) is 5.76 Å². The molecule has 3 aromatic rings. The van der Waals surface area contributed by atoms with E-state index >= 15 is 0 Å². The van der Waals surface area contributed by atoms with Gasteiger partial charge < -0.3 is 19.2 Å². The monoisotopic (exact) mass is 456 g/mol. The van der Waals surface area contributed by atoms with Crippen LogP contribution in [-0.4, -0.2) is 24.1 Å². The Morgan fingerprint density at radius 2 is 1.97 bits per heavy atom. The Bertz CT molecular complexity index is 1070. The van der Waals surface area contributed by atoms with Gasteiger partial charge in [0.25, 0.3) is 0 Å². The number of hydrogen-bond acceptors (Lipinski definition) is 6. The molecule has 0 radical (unpaired) electrons. The summed E-state index contributed by atoms with van der Waals surface area (Å²) in [5, 5.41) is 5.34. The minimum atomic E-state index is -3.18. The van der Waals surface area contributed by atoms with E-state index in [1.807, 2.05) is 12.3 Å². The molecule has 0 fully saturated rings. The molecule has 2 aromatic heterocycles. The van der Waals surface area contributed by atoms with E-state index in [-0.39, 0.29) is 17.9 Å². The summed E-state index contributed by atoms with van der Waals surface area (Å²) in [6, 6.07) is 6.69. The number of ether oxygens (including phenoxy) is 2. The van der Waals surface area contributed by atoms with Crippen molar-refractivity contribution in [1.82, 2.24) is 10.3 Å². The number of halogens is 4. The van der Waals surface area contributed by atoms with Crippen LogP contribution in [0.3, 0.4) is 0 Å². The van der Waals surface area contributed by atoms with Crippen molar-refractivity contribution >= 4 is 23.3 Å². The van der Waals surface area contributed by atoms with E-state index in [1.165, 1.54) is 23.5 Å². The highest BCUT2D eigenvalue weighted by atomic mass is 32.1. The third-order valence-corrected chi connectivity index (χ3v) is 4.58. The zero-order valence-electron chi connectivity index (χ0n) is 16.0. The van der Waals surface area contributed by atoms with Crippen LogP contribution in [-0.2, 0) is 11.3 Å². The fourth-order valence-corrected chi connectivity index (χ4v) is 3.11. The largest absolute Gasteiger partial charge is 0.458 e. The molecule has 6 nitrogen and oxygen atoms in total. The first-order valence-corrected chi connectivity index (χ1v) is 9.69. The second kappa shape index (κ2) is 10.1. The van der Waals surface area contributed by atoms with Crippen molar-refractivity contribution in [3.05, 3.63) is 58.1 Å². The van der Waals surface area contributed by atoms with Gasteiger partial charge in [0.1, 0.15) is 23.0 Å². The van der Waals surface area contributed by atoms with E-state index in [1.54, 1.807) is 12.1 Å². The van der Waals surface area contributed by atoms with E-state index in [0.717, 1.165) is 23.2 Å². The van der Waals surface area contributed by atoms with E-state index in [2.05, 4.69) is 19.8 Å². The van der Waals surface area contributed by atoms with Crippen LogP contribution in [0.1, 0.15) is 16.3 Å². The Balaban J connectivity index is 1.62. The topological polar surface area (TPSA) is 73.6 Å². The molecule has 164 valence electrons. The maximum Gasteiger partial charge on any atom is 0.387 e. The molecule has 0 spiro atoms. The van der Waals surface area contributed by atoms with E-state index in [0.29, 0.717) is 17.2 Å². The standard InChI is InChI=1S/C20H16F4N2O4S/c1-11-26-15(10-31-11)16-6-5-14(28-16)9-25-18(27)7-3-12-2-4-13(29-19(21)22)8-17(12)30-20(23)24/h2-8,10,19-20H,9H2,1H3,(H,25,27)/b7-3+. The second-order valence-corrected chi connectivity index (χ2v) is 7.09. The molecule has 0 aliphatic heterocycles. The van der Waals surface area contributed by atoms with E-state index in [9.17, 15) is 22.4 Å². The van der Waals surface area contributed by atoms with Crippen LogP contribution in [0.2, 0.25) is 0 Å². The molecule has 1 amide bonds. The predicted molar refractivity (Wildman–Crippen MR) is 105 cm³/mol. The second-order valence-electron chi connectivity index (χ2n) is 6.03. The lowest BCUT2D eigenvalue weighted by Gasteiger charge is -2.11. The molecular formula is C20H16F4N2O4S. The van der Waals surface area contributed by atoms with Crippen molar-refractivity contribution in [2.45, 2.75) is 26.7 Å². The zero-order valence-corrected chi connectivity index (χ0v) is 16.8. The Labute approximate surface area is 178 Å². The maximum absolute atomic E-state index is 12.6. The molecule has 31 heavy (non-hydrogen) atoms. The number of benzene rings is 1. The van der Waals surface area contributed by atoms with Gasteiger partial charge in [-0.05, 0) is 37.3 Å². The Morgan fingerprint density at radius 1 is 1.19 bits per heavy atom. The number of alkyl halides is 4. The number of furan rings is 1. The summed E-state index contributed by atoms with van der Waals surface area (Å²) >= 11 is 1.49. The molecule has 1 N–H and O–H groups in total. The molecule has 2 heterocycles. The van der Waals surface area contributed by atoms with Gasteiger partial charge in [0.2, 0.25) is 5.91 Å². The maximum atomic E-state index is 12.6. The molecule has 0 atom stereocenters. The molecule has 0 aliphatic carbocycles. The Hall–Kier alpha value is -3.34. The number of carbonyl (C=O) groups is 1. The van der Waals surface area contributed by atoms with Gasteiger partial charge in [0.05, 0.1) is 11.6 Å². The lowest BCUT2D eigenvalue weighted by atomic mass is 10.1. The molecule has 0 aliphatic rings. The number of aromatic nitrogens is 1. The first-order chi connectivity index (χ1) is 14.8. The summed E-state index contributed by atoms with van der Waals surface area (Å²) < 4.78 is 63.9. The zero-order chi connectivity index (χ0) is 22.4. The number of rotatable bonds is 9. The summed E-state index contributed by atoms with van der Waals surface area (Å²) in [4.78, 5) is 16.4. The van der Waals surface area contributed by atoms with Crippen molar-refractivity contribution in [3.8, 4) is 23.0 Å². The average Bonchev–Trinajstić information content (AvgIpc) is 3.33. The molecule has 3 rings (SSSR count). The Kier molecular flexibility index (Phi) is 7.29. The number of aryl methyl sites for hydroxylation is 1. The van der Waals surface area contributed by atoms with Gasteiger partial charge in [-0.1, -0.05) is 0 Å². The molecule has 0 unspecified atom stereocenters. The normalized spacial score (nSPS) is 11.5. The van der Waals surface area contributed by atoms with Gasteiger partial charge in [0, 0.05) is 23.1 Å². The summed E-state index contributed by atoms with van der Waals surface area (Å²) in [6.45, 7) is -4.33. The lowest BCUT2D eigenvalue weighted by molar-refractivity contribution is -0.116. The van der Waals surface area contributed by atoms with Crippen molar-refractivity contribution in [2.24, 2.45) is 0 Å². The molecule has 0 bridgehead atoms. The van der Waals surface area contributed by atoms with E-state index < -0.39 is 24.9 Å². The fraction of sp³-hybridized carbons (Fsp3) is 0.200. The lowest BCUT2D eigenvalue weighted by Crippen LogP contribution is -2.19. The van der Waals surface area contributed by atoms with Gasteiger partial charge in [-0.25, -0.2) is 4.98 Å². The van der Waals surface area contributed by atoms with Gasteiger partial charge in [-0.3, -0.25) is 4.79 Å². The Morgan fingerprint density at radius 3 is 2.65 bits per heavy atom. The van der Waals surface area contributed by atoms with Crippen LogP contribution in [0.15, 0.2) is 46.2 Å². The highest BCUT2D eigenvalue weighted by Crippen LogP contribution is 2.28. The third kappa shape index (κ3) is 6.57. The summed E-state index contributed by atoms with van der Waals surface area (Å²) in [7, 11) is 0. The smallest absolute Gasteiger partial charge is 0.387 e. The van der Waals surface area contributed by atoms with Gasteiger partial charge >= 0.3 is 13.2 Å². The SMILES string of the molecule is Cc1nc(-c2ccc(CNC(=O)/C=C/c3ccc(OC(F)F)cc3OC(F)F)o2)cs1. The highest BCUT2D eigenvalue weighted by molar-refractivity contribution is 7.09. The van der Waals surface area contributed by atoms with Crippen LogP contribution in [0, 0.1) is 6.92 Å². The summed E-state index contributed by atoms with van der Waals surface area (Å²) in [5.74, 6) is -0.220. The van der Waals surface area contributed by atoms with Crippen molar-refractivity contribution in [2.75, 3.05) is 0 Å². The molecule has 11 heteroatoms. The third-order valence-electron chi connectivity index (χ3n) is 3.81. The molecule has 1 aromatic carbocycles. The van der Waals surface area contributed by atoms with Crippen molar-refractivity contribution < 1.29 is 36.2 Å². The number of thiazole rings is 1.